The van der Waals surface area contributed by atoms with Gasteiger partial charge in [0.15, 0.2) is 37.7 Å². The summed E-state index contributed by atoms with van der Waals surface area (Å²) >= 11 is 0. The van der Waals surface area contributed by atoms with Crippen molar-refractivity contribution in [1.29, 1.82) is 0 Å². The number of nitrogens with one attached hydrogen (secondary N) is 1. The van der Waals surface area contributed by atoms with E-state index < -0.39 is 230 Å². The minimum absolute atomic E-state index is 0.715. The van der Waals surface area contributed by atoms with Crippen molar-refractivity contribution in [2.24, 2.45) is 0 Å². The average Bonchev–Trinajstić information content (AvgIpc) is 3.33. The molecule has 6 fully saturated rings. The summed E-state index contributed by atoms with van der Waals surface area (Å²) in [5.41, 5.74) is 0. The van der Waals surface area contributed by atoms with Crippen LogP contribution in [-0.4, -0.2) is 327 Å². The van der Waals surface area contributed by atoms with Gasteiger partial charge in [0.2, 0.25) is 5.91 Å². The van der Waals surface area contributed by atoms with Crippen LogP contribution in [-0.2, 0) is 56.9 Å². The summed E-state index contributed by atoms with van der Waals surface area (Å²) in [4.78, 5) is 11.8. The fourth-order valence-electron chi connectivity index (χ4n) is 8.68. The van der Waals surface area contributed by atoms with Crippen LogP contribution in [0.15, 0.2) is 0 Å². The quantitative estimate of drug-likeness (QED) is 0.0643. The van der Waals surface area contributed by atoms with Gasteiger partial charge in [-0.2, -0.15) is 0 Å². The molecule has 408 valence electrons. The number of hydrogen-bond donors (Lipinski definition) is 20. The third-order valence-electron chi connectivity index (χ3n) is 12.8. The fourth-order valence-corrected chi connectivity index (χ4v) is 8.68. The van der Waals surface area contributed by atoms with E-state index in [0.717, 1.165) is 6.92 Å². The molecule has 0 unspecified atom stereocenters. The molecule has 6 rings (SSSR count). The lowest BCUT2D eigenvalue weighted by Gasteiger charge is -2.48. The molecule has 6 aliphatic rings. The van der Waals surface area contributed by atoms with Gasteiger partial charge in [-0.05, 0) is 0 Å². The summed E-state index contributed by atoms with van der Waals surface area (Å²) in [7, 11) is 0. The molecule has 6 aliphatic heterocycles. The van der Waals surface area contributed by atoms with Crippen LogP contribution in [0.4, 0.5) is 0 Å². The van der Waals surface area contributed by atoms with Gasteiger partial charge in [0.25, 0.3) is 0 Å². The fraction of sp³-hybridized carbons (Fsp3) is 0.974. The molecular formula is C38H65NO31. The van der Waals surface area contributed by atoms with E-state index in [0.29, 0.717) is 0 Å². The first-order chi connectivity index (χ1) is 33.1. The van der Waals surface area contributed by atoms with Crippen LogP contribution in [0.2, 0.25) is 0 Å². The van der Waals surface area contributed by atoms with Gasteiger partial charge in [-0.15, -0.1) is 0 Å². The maximum atomic E-state index is 11.8. The monoisotopic (exact) mass is 1030 g/mol. The van der Waals surface area contributed by atoms with E-state index in [9.17, 15) is 102 Å². The summed E-state index contributed by atoms with van der Waals surface area (Å²) in [5.74, 6) is -0.715. The van der Waals surface area contributed by atoms with E-state index in [4.69, 9.17) is 52.1 Å². The van der Waals surface area contributed by atoms with Crippen molar-refractivity contribution in [1.82, 2.24) is 5.32 Å². The number of amides is 1. The smallest absolute Gasteiger partial charge is 0.217 e. The summed E-state index contributed by atoms with van der Waals surface area (Å²) < 4.78 is 61.7. The van der Waals surface area contributed by atoms with Crippen molar-refractivity contribution in [2.45, 2.75) is 191 Å². The highest BCUT2D eigenvalue weighted by Crippen LogP contribution is 2.35. The Morgan fingerprint density at radius 2 is 0.743 bits per heavy atom. The lowest BCUT2D eigenvalue weighted by Crippen LogP contribution is -2.67. The minimum atomic E-state index is -2.18. The second kappa shape index (κ2) is 24.7. The van der Waals surface area contributed by atoms with E-state index in [1.165, 1.54) is 0 Å². The van der Waals surface area contributed by atoms with Crippen LogP contribution in [0, 0.1) is 0 Å². The van der Waals surface area contributed by atoms with Gasteiger partial charge in [-0.3, -0.25) is 4.79 Å². The number of ether oxygens (including phenoxy) is 11. The predicted molar refractivity (Wildman–Crippen MR) is 211 cm³/mol. The maximum absolute atomic E-state index is 11.8. The van der Waals surface area contributed by atoms with Gasteiger partial charge in [0.1, 0.15) is 146 Å². The number of aliphatic hydroxyl groups is 19. The molecular weight excluding hydrogens is 966 g/mol. The molecule has 6 saturated heterocycles. The maximum Gasteiger partial charge on any atom is 0.217 e. The van der Waals surface area contributed by atoms with Crippen LogP contribution in [0.25, 0.3) is 0 Å². The highest BCUT2D eigenvalue weighted by atomic mass is 16.8. The van der Waals surface area contributed by atoms with E-state index >= 15 is 0 Å². The highest BCUT2D eigenvalue weighted by Gasteiger charge is 2.56. The summed E-state index contributed by atoms with van der Waals surface area (Å²) in [6.45, 7) is -4.43. The molecule has 0 saturated carbocycles. The number of carbonyl (C=O) groups excluding carboxylic acids is 1. The molecule has 0 aliphatic carbocycles. The first-order valence-electron chi connectivity index (χ1n) is 22.1. The van der Waals surface area contributed by atoms with E-state index in [-0.39, 0.29) is 0 Å². The summed E-state index contributed by atoms with van der Waals surface area (Å²) in [6.07, 6.45) is -55.3. The van der Waals surface area contributed by atoms with Gasteiger partial charge < -0.3 is 154 Å². The molecule has 30 atom stereocenters. The Balaban J connectivity index is 1.22. The van der Waals surface area contributed by atoms with Crippen molar-refractivity contribution in [3.8, 4) is 0 Å². The third-order valence-corrected chi connectivity index (χ3v) is 12.8. The molecule has 6 heterocycles. The Morgan fingerprint density at radius 3 is 1.21 bits per heavy atom. The zero-order valence-electron chi connectivity index (χ0n) is 37.0. The molecule has 32 heteroatoms. The zero-order chi connectivity index (χ0) is 51.6. The molecule has 0 radical (unpaired) electrons. The van der Waals surface area contributed by atoms with Crippen LogP contribution < -0.4 is 5.32 Å². The first kappa shape index (κ1) is 57.5. The largest absolute Gasteiger partial charge is 0.394 e. The Morgan fingerprint density at radius 1 is 0.371 bits per heavy atom. The predicted octanol–water partition coefficient (Wildman–Crippen LogP) is -14.0. The van der Waals surface area contributed by atoms with Crippen LogP contribution >= 0.6 is 0 Å². The Hall–Kier alpha value is -1.73. The number of carbonyl (C=O) groups is 1. The molecule has 0 aromatic heterocycles. The Kier molecular flexibility index (Phi) is 20.3. The first-order valence-corrected chi connectivity index (χ1v) is 22.1. The molecule has 32 nitrogen and oxygen atoms in total. The third kappa shape index (κ3) is 12.2. The second-order valence-corrected chi connectivity index (χ2v) is 17.6. The van der Waals surface area contributed by atoms with E-state index in [2.05, 4.69) is 5.32 Å². The SMILES string of the molecule is CC(=O)N[C@@H]1[C@@H](O)[C@H](O[C@@H]2O[C@H](CO[C@H]3O[C@H](CO[C@H]4O[C@H](CO)[C@@H](O)[C@H](O)[C@@H]4O[C@H]4O[C@H](CO)[C@@H](O)[C@H](O)[C@@H]4O)[C@@H](O)[C@H](O[C@H]4O[C@H](CO)[C@@H](O)[C@H](O)[C@@H]4O)[C@@H]3O)[C@@H](O)[C@H](O)[C@@H]2O)[C@@H](CO)O[C@H]1O. The van der Waals surface area contributed by atoms with E-state index in [1.807, 2.05) is 0 Å². The average molecular weight is 1030 g/mol. The number of rotatable bonds is 17. The van der Waals surface area contributed by atoms with E-state index in [1.54, 1.807) is 0 Å². The number of aliphatic hydroxyl groups excluding tert-OH is 19. The molecule has 70 heavy (non-hydrogen) atoms. The Labute approximate surface area is 395 Å². The van der Waals surface area contributed by atoms with Gasteiger partial charge >= 0.3 is 0 Å². The van der Waals surface area contributed by atoms with Crippen LogP contribution in [0.1, 0.15) is 6.92 Å². The molecule has 20 N–H and O–H groups in total. The van der Waals surface area contributed by atoms with Crippen molar-refractivity contribution >= 4 is 5.91 Å². The normalized spacial score (nSPS) is 51.5. The lowest BCUT2D eigenvalue weighted by atomic mass is 9.95. The lowest BCUT2D eigenvalue weighted by molar-refractivity contribution is -0.382. The van der Waals surface area contributed by atoms with Crippen molar-refractivity contribution in [2.75, 3.05) is 39.6 Å². The van der Waals surface area contributed by atoms with Gasteiger partial charge in [0.05, 0.1) is 39.6 Å². The molecule has 0 aromatic carbocycles. The molecule has 0 aromatic rings. The van der Waals surface area contributed by atoms with Gasteiger partial charge in [0, 0.05) is 6.92 Å². The van der Waals surface area contributed by atoms with Crippen LogP contribution in [0.3, 0.4) is 0 Å². The molecule has 1 amide bonds. The zero-order valence-corrected chi connectivity index (χ0v) is 37.0. The number of hydrogen-bond acceptors (Lipinski definition) is 31. The van der Waals surface area contributed by atoms with Crippen LogP contribution in [0.5, 0.6) is 0 Å². The van der Waals surface area contributed by atoms with Crippen molar-refractivity contribution in [3.05, 3.63) is 0 Å². The van der Waals surface area contributed by atoms with Gasteiger partial charge in [-0.25, -0.2) is 0 Å². The Bertz CT molecular complexity index is 1630. The van der Waals surface area contributed by atoms with Crippen molar-refractivity contribution in [3.63, 3.8) is 0 Å². The summed E-state index contributed by atoms with van der Waals surface area (Å²) in [6, 6.07) is -1.53. The summed E-state index contributed by atoms with van der Waals surface area (Å²) in [5, 5.41) is 203. The van der Waals surface area contributed by atoms with Gasteiger partial charge in [-0.1, -0.05) is 0 Å². The standard InChI is InChI=1S/C38H65NO31/c1-8(44)39-15-21(50)30(12(5-43)62-33(15)59)68-37-28(57)24(53)19(48)13(67-37)6-60-34-29(58)31(69-35-26(55)22(51)16(45)9(2-40)63-35)20(49)14(66-34)7-61-38-32(25(54)18(47)11(4-42)65-38)70-36-27(56)23(52)17(46)10(3-41)64-36/h9-38,40-43,45-59H,2-7H2,1H3,(H,39,44)/t9-,10-,11-,12-,13-,14-,15-,16-,17-,18-,19-,20-,21-,22+,23+,24+,25+,26+,27+,28+,29+,30-,31+,32+,33-,34+,35-,36-,37+,38+/m1/s1. The minimum Gasteiger partial charge on any atom is -0.394 e. The molecule has 0 spiro atoms. The second-order valence-electron chi connectivity index (χ2n) is 17.6. The highest BCUT2D eigenvalue weighted by molar-refractivity contribution is 5.73. The molecule has 0 bridgehead atoms. The van der Waals surface area contributed by atoms with Crippen molar-refractivity contribution < 1.29 is 154 Å². The topological polar surface area (TPSA) is 515 Å².